The minimum absolute atomic E-state index is 0.187. The highest BCUT2D eigenvalue weighted by Gasteiger charge is 2.41. The van der Waals surface area contributed by atoms with E-state index in [4.69, 9.17) is 0 Å². The Balaban J connectivity index is 1.40. The van der Waals surface area contributed by atoms with Gasteiger partial charge in [-0.1, -0.05) is 12.1 Å². The van der Waals surface area contributed by atoms with Crippen molar-refractivity contribution in [3.63, 3.8) is 0 Å². The van der Waals surface area contributed by atoms with Crippen LogP contribution in [0.2, 0.25) is 0 Å². The number of rotatable bonds is 7. The lowest BCUT2D eigenvalue weighted by Crippen LogP contribution is -2.46. The third-order valence-electron chi connectivity index (χ3n) is 4.72. The van der Waals surface area contributed by atoms with E-state index in [1.165, 1.54) is 11.8 Å². The lowest BCUT2D eigenvalue weighted by molar-refractivity contribution is -0.122. The van der Waals surface area contributed by atoms with Gasteiger partial charge in [-0.05, 0) is 38.1 Å². The average molecular weight is 473 g/mol. The van der Waals surface area contributed by atoms with Gasteiger partial charge in [0, 0.05) is 20.9 Å². The van der Waals surface area contributed by atoms with E-state index in [0.29, 0.717) is 17.9 Å². The van der Waals surface area contributed by atoms with Crippen LogP contribution in [-0.4, -0.2) is 34.1 Å². The first-order valence-electron chi connectivity index (χ1n) is 9.49. The first-order valence-corrected chi connectivity index (χ1v) is 12.2. The lowest BCUT2D eigenvalue weighted by atomic mass is 10.1. The second-order valence-corrected chi connectivity index (χ2v) is 10.5. The van der Waals surface area contributed by atoms with Gasteiger partial charge in [-0.3, -0.25) is 14.9 Å². The van der Waals surface area contributed by atoms with Crippen LogP contribution in [0.1, 0.15) is 27.2 Å². The Morgan fingerprint density at radius 1 is 1.23 bits per heavy atom. The van der Waals surface area contributed by atoms with Gasteiger partial charge in [-0.15, -0.1) is 34.4 Å². The summed E-state index contributed by atoms with van der Waals surface area (Å²) in [5.74, 6) is -0.237. The molecule has 1 atom stereocenters. The largest absolute Gasteiger partial charge is 0.347 e. The number of carbonyl (C=O) groups is 3. The molecule has 10 heteroatoms. The van der Waals surface area contributed by atoms with Crippen LogP contribution < -0.4 is 16.0 Å². The second kappa shape index (κ2) is 8.81. The zero-order chi connectivity index (χ0) is 22.0. The van der Waals surface area contributed by atoms with Crippen LogP contribution in [0.4, 0.5) is 4.79 Å². The second-order valence-electron chi connectivity index (χ2n) is 7.23. The summed E-state index contributed by atoms with van der Waals surface area (Å²) in [7, 11) is 0. The highest BCUT2D eigenvalue weighted by molar-refractivity contribution is 7.99. The van der Waals surface area contributed by atoms with E-state index in [1.807, 2.05) is 36.6 Å². The van der Waals surface area contributed by atoms with Crippen LogP contribution >= 0.6 is 34.4 Å². The zero-order valence-corrected chi connectivity index (χ0v) is 19.3. The molecule has 3 aromatic rings. The van der Waals surface area contributed by atoms with Gasteiger partial charge in [0.1, 0.15) is 5.54 Å². The Hall–Kier alpha value is -2.69. The molecule has 0 saturated carbocycles. The Kier molecular flexibility index (Phi) is 6.12. The maximum absolute atomic E-state index is 12.8. The van der Waals surface area contributed by atoms with Crippen molar-refractivity contribution in [2.75, 3.05) is 5.75 Å². The maximum atomic E-state index is 12.8. The fourth-order valence-electron chi connectivity index (χ4n) is 3.03. The molecule has 3 N–H and O–H groups in total. The normalized spacial score (nSPS) is 18.0. The lowest BCUT2D eigenvalue weighted by Gasteiger charge is -2.20. The molecular weight excluding hydrogens is 452 g/mol. The fourth-order valence-corrected chi connectivity index (χ4v) is 5.77. The van der Waals surface area contributed by atoms with E-state index in [9.17, 15) is 14.4 Å². The molecular formula is C21H20N4O3S3. The minimum atomic E-state index is -1.01. The molecule has 160 valence electrons. The first-order chi connectivity index (χ1) is 14.8. The van der Waals surface area contributed by atoms with Gasteiger partial charge in [0.2, 0.25) is 0 Å². The molecule has 31 heavy (non-hydrogen) atoms. The van der Waals surface area contributed by atoms with Crippen molar-refractivity contribution in [2.45, 2.75) is 30.8 Å². The number of hydrogen-bond acceptors (Lipinski definition) is 7. The van der Waals surface area contributed by atoms with Crippen molar-refractivity contribution in [2.24, 2.45) is 0 Å². The van der Waals surface area contributed by atoms with Gasteiger partial charge in [-0.2, -0.15) is 0 Å². The van der Waals surface area contributed by atoms with Gasteiger partial charge in [0.25, 0.3) is 11.8 Å². The van der Waals surface area contributed by atoms with Crippen molar-refractivity contribution < 1.29 is 14.4 Å². The molecule has 0 radical (unpaired) electrons. The molecule has 0 spiro atoms. The number of thiazole rings is 1. The third-order valence-corrected chi connectivity index (χ3v) is 7.99. The van der Waals surface area contributed by atoms with Gasteiger partial charge in [0.15, 0.2) is 0 Å². The van der Waals surface area contributed by atoms with Crippen LogP contribution in [0, 0.1) is 6.92 Å². The van der Waals surface area contributed by atoms with Crippen LogP contribution in [-0.2, 0) is 11.3 Å². The van der Waals surface area contributed by atoms with Crippen molar-refractivity contribution in [3.8, 4) is 10.6 Å². The molecule has 4 amide bonds. The van der Waals surface area contributed by atoms with Gasteiger partial charge in [-0.25, -0.2) is 9.78 Å². The molecule has 1 aliphatic rings. The summed E-state index contributed by atoms with van der Waals surface area (Å²) in [5.41, 5.74) is 0.489. The van der Waals surface area contributed by atoms with Crippen LogP contribution in [0.5, 0.6) is 0 Å². The quantitative estimate of drug-likeness (QED) is 0.359. The fraction of sp³-hybridized carbons (Fsp3) is 0.238. The Labute approximate surface area is 191 Å². The zero-order valence-electron chi connectivity index (χ0n) is 16.9. The highest BCUT2D eigenvalue weighted by atomic mass is 32.2. The molecule has 0 bridgehead atoms. The summed E-state index contributed by atoms with van der Waals surface area (Å²) in [6, 6.07) is 10.8. The number of carbonyl (C=O) groups excluding carboxylic acids is 3. The van der Waals surface area contributed by atoms with E-state index in [-0.39, 0.29) is 11.8 Å². The third kappa shape index (κ3) is 4.81. The van der Waals surface area contributed by atoms with Crippen molar-refractivity contribution >= 4 is 52.3 Å². The number of thioether (sulfide) groups is 1. The molecule has 7 nitrogen and oxygen atoms in total. The highest BCUT2D eigenvalue weighted by Crippen LogP contribution is 2.30. The summed E-state index contributed by atoms with van der Waals surface area (Å²) in [6.07, 6.45) is 0. The molecule has 2 aromatic heterocycles. The number of nitrogens with one attached hydrogen (secondary N) is 3. The van der Waals surface area contributed by atoms with Crippen molar-refractivity contribution in [1.29, 1.82) is 0 Å². The van der Waals surface area contributed by atoms with Gasteiger partial charge in [0.05, 0.1) is 27.7 Å². The predicted octanol–water partition coefficient (Wildman–Crippen LogP) is 3.80. The Bertz CT molecular complexity index is 1160. The molecule has 0 unspecified atom stereocenters. The summed E-state index contributed by atoms with van der Waals surface area (Å²) in [6.45, 7) is 4.06. The monoisotopic (exact) mass is 472 g/mol. The molecule has 1 aromatic carbocycles. The molecule has 1 aliphatic heterocycles. The van der Waals surface area contributed by atoms with Gasteiger partial charge < -0.3 is 10.6 Å². The first kappa shape index (κ1) is 21.5. The predicted molar refractivity (Wildman–Crippen MR) is 124 cm³/mol. The maximum Gasteiger partial charge on any atom is 0.322 e. The van der Waals surface area contributed by atoms with Crippen LogP contribution in [0.15, 0.2) is 46.7 Å². The number of benzene rings is 1. The number of aryl methyl sites for hydroxylation is 1. The van der Waals surface area contributed by atoms with E-state index in [0.717, 1.165) is 25.4 Å². The number of hydrogen-bond donors (Lipinski definition) is 3. The number of imide groups is 1. The summed E-state index contributed by atoms with van der Waals surface area (Å²) < 4.78 is 0. The smallest absolute Gasteiger partial charge is 0.322 e. The summed E-state index contributed by atoms with van der Waals surface area (Å²) in [4.78, 5) is 43.7. The average Bonchev–Trinajstić information content (AvgIpc) is 3.44. The summed E-state index contributed by atoms with van der Waals surface area (Å²) >= 11 is 4.58. The SMILES string of the molecule is Cc1nc(-c2ccc(CNC(=O)c3ccccc3SC[C@]3(C)NC(=O)NC3=O)s2)cs1. The van der Waals surface area contributed by atoms with Crippen LogP contribution in [0.3, 0.4) is 0 Å². The topological polar surface area (TPSA) is 100 Å². The Morgan fingerprint density at radius 3 is 2.74 bits per heavy atom. The molecule has 0 aliphatic carbocycles. The molecule has 4 rings (SSSR count). The number of nitrogens with zero attached hydrogens (tertiary/aromatic N) is 1. The van der Waals surface area contributed by atoms with E-state index in [2.05, 4.69) is 20.9 Å². The molecule has 3 heterocycles. The van der Waals surface area contributed by atoms with Crippen molar-refractivity contribution in [1.82, 2.24) is 20.9 Å². The molecule has 1 saturated heterocycles. The Morgan fingerprint density at radius 2 is 2.03 bits per heavy atom. The van der Waals surface area contributed by atoms with Crippen LogP contribution in [0.25, 0.3) is 10.6 Å². The minimum Gasteiger partial charge on any atom is -0.347 e. The number of amides is 4. The van der Waals surface area contributed by atoms with E-state index < -0.39 is 11.6 Å². The van der Waals surface area contributed by atoms with Gasteiger partial charge >= 0.3 is 6.03 Å². The number of thiophene rings is 1. The standard InChI is InChI=1S/C21H20N4O3S3/c1-12-23-15(10-29-12)17-8-7-13(31-17)9-22-18(26)14-5-3-4-6-16(14)30-11-21(2)19(27)24-20(28)25-21/h3-8,10H,9,11H2,1-2H3,(H,22,26)(H2,24,25,27,28)/t21-/m0/s1. The van der Waals surface area contributed by atoms with E-state index in [1.54, 1.807) is 41.7 Å². The molecule has 1 fully saturated rings. The van der Waals surface area contributed by atoms with Crippen molar-refractivity contribution in [3.05, 3.63) is 57.2 Å². The number of aromatic nitrogens is 1. The number of urea groups is 1. The van der Waals surface area contributed by atoms with E-state index >= 15 is 0 Å². The summed E-state index contributed by atoms with van der Waals surface area (Å²) in [5, 5.41) is 10.9.